The number of hydrogen-bond donors (Lipinski definition) is 2. The van der Waals surface area contributed by atoms with Gasteiger partial charge in [0.1, 0.15) is 5.75 Å². The standard InChI is InChI=1S/C7H14N2O3S/c10-7(6-13(11)12)9-4-1-2-8-3-5-9/h8H,1-6H2,(H,11,12). The van der Waals surface area contributed by atoms with E-state index in [1.165, 1.54) is 0 Å². The van der Waals surface area contributed by atoms with Crippen LogP contribution in [0.5, 0.6) is 0 Å². The van der Waals surface area contributed by atoms with Crippen molar-refractivity contribution < 1.29 is 13.6 Å². The maximum absolute atomic E-state index is 11.3. The highest BCUT2D eigenvalue weighted by atomic mass is 32.2. The molecule has 1 heterocycles. The van der Waals surface area contributed by atoms with E-state index in [1.54, 1.807) is 4.90 Å². The number of rotatable bonds is 2. The molecule has 0 spiro atoms. The van der Waals surface area contributed by atoms with Crippen molar-refractivity contribution >= 4 is 17.0 Å². The third-order valence-electron chi connectivity index (χ3n) is 1.94. The average Bonchev–Trinajstić information content (AvgIpc) is 2.29. The van der Waals surface area contributed by atoms with E-state index in [4.69, 9.17) is 4.55 Å². The Labute approximate surface area is 79.8 Å². The van der Waals surface area contributed by atoms with Crippen molar-refractivity contribution in [1.29, 1.82) is 0 Å². The molecule has 0 aromatic rings. The molecule has 1 amide bonds. The summed E-state index contributed by atoms with van der Waals surface area (Å²) in [5.74, 6) is -0.510. The van der Waals surface area contributed by atoms with E-state index in [0.717, 1.165) is 19.5 Å². The summed E-state index contributed by atoms with van der Waals surface area (Å²) < 4.78 is 18.9. The maximum Gasteiger partial charge on any atom is 0.237 e. The van der Waals surface area contributed by atoms with E-state index in [2.05, 4.69) is 5.32 Å². The fourth-order valence-electron chi connectivity index (χ4n) is 1.29. The fourth-order valence-corrected chi connectivity index (χ4v) is 1.69. The Morgan fingerprint density at radius 2 is 2.23 bits per heavy atom. The van der Waals surface area contributed by atoms with Crippen molar-refractivity contribution in [3.63, 3.8) is 0 Å². The van der Waals surface area contributed by atoms with E-state index in [0.29, 0.717) is 13.1 Å². The summed E-state index contributed by atoms with van der Waals surface area (Å²) in [5, 5.41) is 3.15. The number of carbonyl (C=O) groups is 1. The number of hydrogen-bond acceptors (Lipinski definition) is 3. The first-order valence-electron chi connectivity index (χ1n) is 4.26. The van der Waals surface area contributed by atoms with E-state index < -0.39 is 11.1 Å². The first-order chi connectivity index (χ1) is 6.20. The molecule has 1 aliphatic rings. The van der Waals surface area contributed by atoms with Gasteiger partial charge in [0.2, 0.25) is 5.91 Å². The van der Waals surface area contributed by atoms with E-state index in [-0.39, 0.29) is 11.7 Å². The second kappa shape index (κ2) is 5.31. The molecule has 6 heteroatoms. The van der Waals surface area contributed by atoms with Gasteiger partial charge in [-0.1, -0.05) is 0 Å². The summed E-state index contributed by atoms with van der Waals surface area (Å²) in [6.07, 6.45) is 0.907. The topological polar surface area (TPSA) is 69.6 Å². The predicted octanol–water partition coefficient (Wildman–Crippen LogP) is -0.970. The van der Waals surface area contributed by atoms with Crippen LogP contribution < -0.4 is 5.32 Å². The molecule has 1 unspecified atom stereocenters. The second-order valence-corrected chi connectivity index (χ2v) is 3.88. The maximum atomic E-state index is 11.3. The zero-order valence-corrected chi connectivity index (χ0v) is 8.18. The van der Waals surface area contributed by atoms with Crippen LogP contribution in [0.25, 0.3) is 0 Å². The normalized spacial score (nSPS) is 20.8. The van der Waals surface area contributed by atoms with Gasteiger partial charge in [-0.25, -0.2) is 4.21 Å². The van der Waals surface area contributed by atoms with E-state index in [1.807, 2.05) is 0 Å². The van der Waals surface area contributed by atoms with E-state index >= 15 is 0 Å². The molecule has 2 N–H and O–H groups in total. The Kier molecular flexibility index (Phi) is 4.34. The van der Waals surface area contributed by atoms with Crippen LogP contribution in [0.4, 0.5) is 0 Å². The lowest BCUT2D eigenvalue weighted by Gasteiger charge is -2.18. The van der Waals surface area contributed by atoms with Gasteiger partial charge < -0.3 is 14.8 Å². The first-order valence-corrected chi connectivity index (χ1v) is 5.53. The number of nitrogens with one attached hydrogen (secondary N) is 1. The minimum absolute atomic E-state index is 0.232. The quantitative estimate of drug-likeness (QED) is 0.570. The molecule has 1 fully saturated rings. The van der Waals surface area contributed by atoms with Gasteiger partial charge in [-0.05, 0) is 13.0 Å². The highest BCUT2D eigenvalue weighted by Crippen LogP contribution is 1.96. The number of carbonyl (C=O) groups excluding carboxylic acids is 1. The summed E-state index contributed by atoms with van der Waals surface area (Å²) in [7, 11) is 0. The van der Waals surface area contributed by atoms with Crippen LogP contribution in [0.3, 0.4) is 0 Å². The monoisotopic (exact) mass is 206 g/mol. The fraction of sp³-hybridized carbons (Fsp3) is 0.857. The van der Waals surface area contributed by atoms with Crippen LogP contribution in [0, 0.1) is 0 Å². The Balaban J connectivity index is 2.39. The summed E-state index contributed by atoms with van der Waals surface area (Å²) in [6.45, 7) is 2.99. The molecule has 0 radical (unpaired) electrons. The van der Waals surface area contributed by atoms with Crippen LogP contribution >= 0.6 is 0 Å². The molecule has 0 aliphatic carbocycles. The molecule has 5 nitrogen and oxygen atoms in total. The summed E-state index contributed by atoms with van der Waals surface area (Å²) in [5.41, 5.74) is 0. The highest BCUT2D eigenvalue weighted by Gasteiger charge is 2.16. The zero-order valence-electron chi connectivity index (χ0n) is 7.36. The molecular weight excluding hydrogens is 192 g/mol. The number of nitrogens with zero attached hydrogens (tertiary/aromatic N) is 1. The largest absolute Gasteiger partial charge is 0.341 e. The van der Waals surface area contributed by atoms with Crippen molar-refractivity contribution in [2.24, 2.45) is 0 Å². The minimum Gasteiger partial charge on any atom is -0.341 e. The van der Waals surface area contributed by atoms with E-state index in [9.17, 15) is 9.00 Å². The average molecular weight is 206 g/mol. The molecule has 1 saturated heterocycles. The van der Waals surface area contributed by atoms with Gasteiger partial charge in [0, 0.05) is 19.6 Å². The van der Waals surface area contributed by atoms with Crippen molar-refractivity contribution in [2.45, 2.75) is 6.42 Å². The van der Waals surface area contributed by atoms with Crippen LogP contribution in [0.1, 0.15) is 6.42 Å². The van der Waals surface area contributed by atoms with Crippen LogP contribution in [0.2, 0.25) is 0 Å². The molecule has 76 valence electrons. The van der Waals surface area contributed by atoms with Gasteiger partial charge in [0.15, 0.2) is 11.1 Å². The van der Waals surface area contributed by atoms with Crippen LogP contribution in [0.15, 0.2) is 0 Å². The zero-order chi connectivity index (χ0) is 9.68. The molecule has 0 bridgehead atoms. The van der Waals surface area contributed by atoms with Gasteiger partial charge in [-0.15, -0.1) is 0 Å². The summed E-state index contributed by atoms with van der Waals surface area (Å²) in [6, 6.07) is 0. The molecule has 1 aliphatic heterocycles. The predicted molar refractivity (Wildman–Crippen MR) is 49.7 cm³/mol. The van der Waals surface area contributed by atoms with Crippen molar-refractivity contribution in [3.8, 4) is 0 Å². The van der Waals surface area contributed by atoms with Crippen molar-refractivity contribution in [2.75, 3.05) is 31.9 Å². The van der Waals surface area contributed by atoms with Gasteiger partial charge >= 0.3 is 0 Å². The second-order valence-electron chi connectivity index (χ2n) is 2.95. The third kappa shape index (κ3) is 3.84. The third-order valence-corrected chi connectivity index (χ3v) is 2.43. The van der Waals surface area contributed by atoms with Crippen molar-refractivity contribution in [3.05, 3.63) is 0 Å². The minimum atomic E-state index is -2.01. The van der Waals surface area contributed by atoms with Crippen LogP contribution in [-0.2, 0) is 15.9 Å². The Hall–Kier alpha value is -0.460. The summed E-state index contributed by atoms with van der Waals surface area (Å²) in [4.78, 5) is 12.9. The lowest BCUT2D eigenvalue weighted by molar-refractivity contribution is -0.128. The number of amides is 1. The van der Waals surface area contributed by atoms with Gasteiger partial charge in [-0.2, -0.15) is 0 Å². The lowest BCUT2D eigenvalue weighted by Crippen LogP contribution is -2.36. The smallest absolute Gasteiger partial charge is 0.237 e. The first kappa shape index (κ1) is 10.6. The lowest BCUT2D eigenvalue weighted by atomic mass is 10.4. The SMILES string of the molecule is O=C(CS(=O)O)N1CCCNCC1. The van der Waals surface area contributed by atoms with Crippen molar-refractivity contribution in [1.82, 2.24) is 10.2 Å². The summed E-state index contributed by atoms with van der Waals surface area (Å²) >= 11 is -2.01. The molecule has 1 rings (SSSR count). The molecule has 0 aromatic carbocycles. The molecular formula is C7H14N2O3S. The Morgan fingerprint density at radius 1 is 1.46 bits per heavy atom. The van der Waals surface area contributed by atoms with Crippen LogP contribution in [-0.4, -0.2) is 51.5 Å². The highest BCUT2D eigenvalue weighted by molar-refractivity contribution is 7.80. The molecule has 0 aromatic heterocycles. The van der Waals surface area contributed by atoms with Gasteiger partial charge in [0.25, 0.3) is 0 Å². The van der Waals surface area contributed by atoms with Gasteiger partial charge in [0.05, 0.1) is 0 Å². The molecule has 13 heavy (non-hydrogen) atoms. The molecule has 0 saturated carbocycles. The van der Waals surface area contributed by atoms with Gasteiger partial charge in [-0.3, -0.25) is 4.79 Å². The Bertz CT molecular complexity index is 202. The molecule has 1 atom stereocenters. The Morgan fingerprint density at radius 3 is 2.92 bits per heavy atom.